The normalized spacial score (nSPS) is 18.6. The van der Waals surface area contributed by atoms with Gasteiger partial charge in [0.05, 0.1) is 17.1 Å². The van der Waals surface area contributed by atoms with Gasteiger partial charge in [-0.05, 0) is 24.3 Å². The van der Waals surface area contributed by atoms with Crippen molar-refractivity contribution in [1.29, 1.82) is 0 Å². The molecule has 40 heavy (non-hydrogen) atoms. The lowest BCUT2D eigenvalue weighted by atomic mass is 10.1. The third-order valence-electron chi connectivity index (χ3n) is 6.86. The van der Waals surface area contributed by atoms with Crippen molar-refractivity contribution in [2.24, 2.45) is 0 Å². The first-order valence-corrected chi connectivity index (χ1v) is 14.9. The van der Waals surface area contributed by atoms with Crippen molar-refractivity contribution >= 4 is 56.6 Å². The van der Waals surface area contributed by atoms with Crippen molar-refractivity contribution in [3.63, 3.8) is 0 Å². The number of Topliss-reactive ketones (excluding diaryl/α,β-unsaturated/α-hetero) is 2. The van der Waals surface area contributed by atoms with E-state index in [0.717, 1.165) is 29.2 Å². The van der Waals surface area contributed by atoms with Gasteiger partial charge in [-0.2, -0.15) is 0 Å². The summed E-state index contributed by atoms with van der Waals surface area (Å²) in [5.41, 5.74) is 2.11. The number of phenolic OH excluding ortho intramolecular Hbond substituents is 1. The van der Waals surface area contributed by atoms with Crippen LogP contribution in [0.15, 0.2) is 24.3 Å². The van der Waals surface area contributed by atoms with E-state index in [0.29, 0.717) is 52.0 Å². The second-order valence-corrected chi connectivity index (χ2v) is 12.0. The van der Waals surface area contributed by atoms with Crippen LogP contribution in [0.1, 0.15) is 50.6 Å². The molecule has 2 aromatic rings. The van der Waals surface area contributed by atoms with Crippen LogP contribution in [-0.4, -0.2) is 91.6 Å². The van der Waals surface area contributed by atoms with Gasteiger partial charge >= 0.3 is 0 Å². The molecule has 0 bridgehead atoms. The van der Waals surface area contributed by atoms with Crippen LogP contribution in [0.25, 0.3) is 10.6 Å². The molecular weight excluding hydrogens is 600 g/mol. The van der Waals surface area contributed by atoms with E-state index in [4.69, 9.17) is 0 Å². The number of aromatic hydroxyl groups is 1. The number of carbonyl (C=O) groups excluding carboxylic acids is 5. The molecule has 3 aliphatic heterocycles. The number of nitrogens with zero attached hydrogens (tertiary/aromatic N) is 4. The lowest BCUT2D eigenvalue weighted by molar-refractivity contribution is -0.133. The zero-order valence-corrected chi connectivity index (χ0v) is 25.4. The maximum Gasteiger partial charge on any atom is 0.219 e. The van der Waals surface area contributed by atoms with Gasteiger partial charge in [0.2, 0.25) is 17.7 Å². The van der Waals surface area contributed by atoms with Gasteiger partial charge in [0.25, 0.3) is 0 Å². The number of likely N-dealkylation sites (tertiary alicyclic amines) is 2. The average Bonchev–Trinajstić information content (AvgIpc) is 3.35. The van der Waals surface area contributed by atoms with Gasteiger partial charge in [0.15, 0.2) is 0 Å². The van der Waals surface area contributed by atoms with Crippen molar-refractivity contribution in [3.05, 3.63) is 34.8 Å². The molecule has 2 fully saturated rings. The van der Waals surface area contributed by atoms with Crippen LogP contribution in [0.5, 0.6) is 5.75 Å². The van der Waals surface area contributed by atoms with E-state index in [1.165, 1.54) is 18.7 Å². The SMILES string of the molecule is CC(=O)N1CCC(=O)C(Br)C1.CC(=O)N1CCC(=O)CC1.CC(=O)N1CCc2nc(-c3ccc(O)cc3)sc2C1. The third-order valence-corrected chi connectivity index (χ3v) is 8.79. The van der Waals surface area contributed by atoms with Crippen LogP contribution in [0.2, 0.25) is 0 Å². The summed E-state index contributed by atoms with van der Waals surface area (Å²) in [6.45, 7) is 8.42. The number of aromatic nitrogens is 1. The highest BCUT2D eigenvalue weighted by Gasteiger charge is 2.26. The van der Waals surface area contributed by atoms with E-state index in [9.17, 15) is 29.1 Å². The molecule has 4 heterocycles. The van der Waals surface area contributed by atoms with Crippen LogP contribution < -0.4 is 0 Å². The van der Waals surface area contributed by atoms with E-state index in [1.54, 1.807) is 40.2 Å². The Morgan fingerprint density at radius 3 is 1.95 bits per heavy atom. The minimum atomic E-state index is -0.153. The summed E-state index contributed by atoms with van der Waals surface area (Å²) >= 11 is 4.85. The molecular formula is C28H35BrN4O6S. The molecule has 3 amide bonds. The molecule has 3 aliphatic rings. The van der Waals surface area contributed by atoms with Crippen LogP contribution in [0, 0.1) is 0 Å². The second kappa shape index (κ2) is 14.5. The highest BCUT2D eigenvalue weighted by Crippen LogP contribution is 2.32. The standard InChI is InChI=1S/C14H14N2O2S.C7H10BrNO2.C7H11NO2/c1-9(17)16-7-6-12-13(8-16)19-14(15-12)10-2-4-11(18)5-3-10;1-5(10)9-3-2-7(11)6(8)4-9;1-6(9)8-4-2-7(10)3-5-8/h2-5,18H,6-8H2,1H3;6H,2-4H2,1H3;2-5H2,1H3. The van der Waals surface area contributed by atoms with Crippen molar-refractivity contribution in [1.82, 2.24) is 19.7 Å². The molecule has 0 radical (unpaired) electrons. The van der Waals surface area contributed by atoms with Crippen LogP contribution in [0.4, 0.5) is 0 Å². The Bertz CT molecular complexity index is 1240. The fourth-order valence-electron chi connectivity index (χ4n) is 4.34. The van der Waals surface area contributed by atoms with Gasteiger partial charge in [-0.3, -0.25) is 24.0 Å². The van der Waals surface area contributed by atoms with Crippen molar-refractivity contribution < 1.29 is 29.1 Å². The summed E-state index contributed by atoms with van der Waals surface area (Å²) < 4.78 is 0. The second-order valence-electron chi connectivity index (χ2n) is 9.82. The summed E-state index contributed by atoms with van der Waals surface area (Å²) in [6, 6.07) is 7.06. The Morgan fingerprint density at radius 2 is 1.40 bits per heavy atom. The Morgan fingerprint density at radius 1 is 0.850 bits per heavy atom. The van der Waals surface area contributed by atoms with E-state index in [2.05, 4.69) is 20.9 Å². The molecule has 10 nitrogen and oxygen atoms in total. The molecule has 0 saturated carbocycles. The molecule has 5 rings (SSSR count). The minimum Gasteiger partial charge on any atom is -0.508 e. The first-order chi connectivity index (χ1) is 18.9. The van der Waals surface area contributed by atoms with Crippen LogP contribution >= 0.6 is 27.3 Å². The number of phenols is 1. The summed E-state index contributed by atoms with van der Waals surface area (Å²) in [5, 5.41) is 10.3. The van der Waals surface area contributed by atoms with E-state index in [-0.39, 0.29) is 39.9 Å². The Kier molecular flexibility index (Phi) is 11.4. The molecule has 1 atom stereocenters. The maximum atomic E-state index is 11.4. The number of fused-ring (bicyclic) bond motifs is 1. The first-order valence-electron chi connectivity index (χ1n) is 13.2. The van der Waals surface area contributed by atoms with E-state index < -0.39 is 0 Å². The lowest BCUT2D eigenvalue weighted by Gasteiger charge is -2.27. The zero-order valence-electron chi connectivity index (χ0n) is 23.0. The molecule has 216 valence electrons. The predicted molar refractivity (Wildman–Crippen MR) is 155 cm³/mol. The Labute approximate surface area is 246 Å². The monoisotopic (exact) mass is 634 g/mol. The lowest BCUT2D eigenvalue weighted by Crippen LogP contribution is -2.43. The van der Waals surface area contributed by atoms with Gasteiger partial charge in [0, 0.05) is 89.6 Å². The smallest absolute Gasteiger partial charge is 0.219 e. The Hall–Kier alpha value is -3.12. The molecule has 1 aromatic heterocycles. The molecule has 0 spiro atoms. The molecule has 1 N–H and O–H groups in total. The summed E-state index contributed by atoms with van der Waals surface area (Å²) in [4.78, 5) is 65.5. The van der Waals surface area contributed by atoms with Gasteiger partial charge in [0.1, 0.15) is 22.3 Å². The quantitative estimate of drug-likeness (QED) is 0.477. The van der Waals surface area contributed by atoms with Gasteiger partial charge < -0.3 is 19.8 Å². The summed E-state index contributed by atoms with van der Waals surface area (Å²) in [7, 11) is 0. The highest BCUT2D eigenvalue weighted by atomic mass is 79.9. The minimum absolute atomic E-state index is 0.0435. The van der Waals surface area contributed by atoms with Gasteiger partial charge in [-0.15, -0.1) is 11.3 Å². The van der Waals surface area contributed by atoms with Crippen molar-refractivity contribution in [3.8, 4) is 16.3 Å². The van der Waals surface area contributed by atoms with Gasteiger partial charge in [-0.25, -0.2) is 4.98 Å². The van der Waals surface area contributed by atoms with Crippen LogP contribution in [-0.2, 0) is 36.9 Å². The van der Waals surface area contributed by atoms with Crippen molar-refractivity contribution in [2.75, 3.05) is 32.7 Å². The fourth-order valence-corrected chi connectivity index (χ4v) is 6.04. The molecule has 1 aromatic carbocycles. The van der Waals surface area contributed by atoms with E-state index in [1.807, 2.05) is 17.0 Å². The van der Waals surface area contributed by atoms with E-state index >= 15 is 0 Å². The topological polar surface area (TPSA) is 128 Å². The molecule has 1 unspecified atom stereocenters. The number of rotatable bonds is 1. The largest absolute Gasteiger partial charge is 0.508 e. The molecule has 12 heteroatoms. The number of halogens is 1. The fraction of sp³-hybridized carbons (Fsp3) is 0.500. The number of piperidine rings is 2. The highest BCUT2D eigenvalue weighted by molar-refractivity contribution is 9.10. The average molecular weight is 636 g/mol. The van der Waals surface area contributed by atoms with Crippen molar-refractivity contribution in [2.45, 2.75) is 57.8 Å². The number of hydrogen-bond donors (Lipinski definition) is 1. The number of benzene rings is 1. The summed E-state index contributed by atoms with van der Waals surface area (Å²) in [5.74, 6) is 0.965. The predicted octanol–water partition coefficient (Wildman–Crippen LogP) is 3.19. The number of carbonyl (C=O) groups is 5. The molecule has 2 saturated heterocycles. The number of thiazole rings is 1. The number of alkyl halides is 1. The first kappa shape index (κ1) is 31.4. The van der Waals surface area contributed by atoms with Gasteiger partial charge in [-0.1, -0.05) is 15.9 Å². The molecule has 0 aliphatic carbocycles. The summed E-state index contributed by atoms with van der Waals surface area (Å²) in [6.07, 6.45) is 2.39. The Balaban J connectivity index is 0.000000180. The number of hydrogen-bond acceptors (Lipinski definition) is 8. The zero-order chi connectivity index (χ0) is 29.4. The maximum absolute atomic E-state index is 11.4. The van der Waals surface area contributed by atoms with Crippen LogP contribution in [0.3, 0.4) is 0 Å². The number of amides is 3. The third kappa shape index (κ3) is 8.95. The number of ketones is 2.